The monoisotopic (exact) mass is 244 g/mol. The largest absolute Gasteiger partial charge is 0.313 e. The molecule has 1 aromatic heterocycles. The highest BCUT2D eigenvalue weighted by atomic mass is 19.1. The third-order valence-electron chi connectivity index (χ3n) is 2.90. The van der Waals surface area contributed by atoms with Gasteiger partial charge in [-0.1, -0.05) is 12.1 Å². The van der Waals surface area contributed by atoms with E-state index >= 15 is 0 Å². The fourth-order valence-corrected chi connectivity index (χ4v) is 1.86. The minimum atomic E-state index is -0.371. The van der Waals surface area contributed by atoms with E-state index < -0.39 is 0 Å². The first kappa shape index (κ1) is 12.3. The molecule has 0 aliphatic heterocycles. The molecule has 0 saturated carbocycles. The minimum Gasteiger partial charge on any atom is -0.313 e. The summed E-state index contributed by atoms with van der Waals surface area (Å²) in [6.07, 6.45) is 3.07. The van der Waals surface area contributed by atoms with Crippen molar-refractivity contribution in [3.63, 3.8) is 0 Å². The smallest absolute Gasteiger partial charge is 0.217 e. The molecule has 2 aromatic rings. The van der Waals surface area contributed by atoms with E-state index in [9.17, 15) is 4.39 Å². The Bertz CT molecular complexity index is 597. The van der Waals surface area contributed by atoms with Crippen molar-refractivity contribution in [2.75, 3.05) is 7.05 Å². The third kappa shape index (κ3) is 1.98. The summed E-state index contributed by atoms with van der Waals surface area (Å²) in [5, 5.41) is 12.0. The number of para-hydroxylation sites is 1. The van der Waals surface area contributed by atoms with Crippen LogP contribution in [0.4, 0.5) is 4.39 Å². The Morgan fingerprint density at radius 3 is 2.94 bits per heavy atom. The molecule has 1 unspecified atom stereocenters. The Morgan fingerprint density at radius 2 is 2.28 bits per heavy atom. The van der Waals surface area contributed by atoms with Crippen LogP contribution < -0.4 is 5.32 Å². The normalized spacial score (nSPS) is 12.1. The Labute approximate surface area is 105 Å². The number of nitrogens with zero attached hydrogens (tertiary/aromatic N) is 3. The number of hydrogen-bond acceptors (Lipinski definition) is 3. The number of rotatable bonds is 3. The molecule has 1 aromatic carbocycles. The first-order valence-corrected chi connectivity index (χ1v) is 5.58. The van der Waals surface area contributed by atoms with Gasteiger partial charge in [0.15, 0.2) is 0 Å². The van der Waals surface area contributed by atoms with Crippen LogP contribution in [0.3, 0.4) is 0 Å². The van der Waals surface area contributed by atoms with Gasteiger partial charge < -0.3 is 5.32 Å². The van der Waals surface area contributed by atoms with Crippen molar-refractivity contribution in [3.8, 4) is 11.8 Å². The molecule has 1 heterocycles. The van der Waals surface area contributed by atoms with Crippen LogP contribution in [0.25, 0.3) is 5.69 Å². The lowest BCUT2D eigenvalue weighted by molar-refractivity contribution is 0.596. The maximum absolute atomic E-state index is 14.0. The summed E-state index contributed by atoms with van der Waals surface area (Å²) in [7, 11) is 1.80. The Kier molecular flexibility index (Phi) is 3.40. The maximum atomic E-state index is 14.0. The van der Waals surface area contributed by atoms with Crippen LogP contribution in [0, 0.1) is 17.1 Å². The van der Waals surface area contributed by atoms with Gasteiger partial charge in [0.05, 0.1) is 5.69 Å². The van der Waals surface area contributed by atoms with Crippen molar-refractivity contribution >= 4 is 0 Å². The Morgan fingerprint density at radius 1 is 1.50 bits per heavy atom. The van der Waals surface area contributed by atoms with Crippen molar-refractivity contribution < 1.29 is 4.39 Å². The first-order chi connectivity index (χ1) is 8.69. The summed E-state index contributed by atoms with van der Waals surface area (Å²) in [6.45, 7) is 1.93. The molecule has 0 aliphatic carbocycles. The molecule has 0 fully saturated rings. The van der Waals surface area contributed by atoms with Gasteiger partial charge in [-0.25, -0.2) is 9.37 Å². The van der Waals surface area contributed by atoms with E-state index in [1.807, 2.05) is 19.1 Å². The van der Waals surface area contributed by atoms with Crippen LogP contribution in [0.2, 0.25) is 0 Å². The molecule has 0 bridgehead atoms. The second-order valence-electron chi connectivity index (χ2n) is 3.92. The molecule has 4 nitrogen and oxygen atoms in total. The van der Waals surface area contributed by atoms with Gasteiger partial charge in [0, 0.05) is 18.4 Å². The molecule has 1 atom stereocenters. The summed E-state index contributed by atoms with van der Waals surface area (Å²) < 4.78 is 15.5. The molecule has 2 rings (SSSR count). The number of halogens is 1. The van der Waals surface area contributed by atoms with E-state index in [2.05, 4.69) is 10.3 Å². The van der Waals surface area contributed by atoms with Crippen molar-refractivity contribution in [3.05, 3.63) is 47.8 Å². The lowest BCUT2D eigenvalue weighted by atomic mass is 10.1. The number of hydrogen-bond donors (Lipinski definition) is 1. The Hall–Kier alpha value is -2.19. The molecule has 0 spiro atoms. The number of nitrogens with one attached hydrogen (secondary N) is 1. The zero-order valence-corrected chi connectivity index (χ0v) is 10.2. The van der Waals surface area contributed by atoms with E-state index in [0.717, 1.165) is 5.56 Å². The van der Waals surface area contributed by atoms with Crippen LogP contribution in [-0.4, -0.2) is 16.6 Å². The first-order valence-electron chi connectivity index (χ1n) is 5.58. The van der Waals surface area contributed by atoms with Gasteiger partial charge in [0.25, 0.3) is 0 Å². The second kappa shape index (κ2) is 4.98. The molecule has 0 saturated heterocycles. The maximum Gasteiger partial charge on any atom is 0.217 e. The minimum absolute atomic E-state index is 0.0235. The van der Waals surface area contributed by atoms with Gasteiger partial charge in [-0.05, 0) is 25.6 Å². The molecule has 0 aliphatic rings. The SMILES string of the molecule is CNC(C)c1cccc(F)c1-n1ccnc1C#N. The molecular weight excluding hydrogens is 231 g/mol. The quantitative estimate of drug-likeness (QED) is 0.900. The highest BCUT2D eigenvalue weighted by molar-refractivity contribution is 5.46. The predicted octanol–water partition coefficient (Wildman–Crippen LogP) is 2.16. The highest BCUT2D eigenvalue weighted by Gasteiger charge is 2.16. The van der Waals surface area contributed by atoms with Crippen LogP contribution in [0.5, 0.6) is 0 Å². The molecule has 5 heteroatoms. The lowest BCUT2D eigenvalue weighted by Crippen LogP contribution is -2.16. The van der Waals surface area contributed by atoms with Gasteiger partial charge in [0.1, 0.15) is 11.9 Å². The summed E-state index contributed by atoms with van der Waals surface area (Å²) in [5.74, 6) is -0.200. The zero-order chi connectivity index (χ0) is 13.1. The molecule has 0 amide bonds. The summed E-state index contributed by atoms with van der Waals surface area (Å²) in [5.41, 5.74) is 1.15. The van der Waals surface area contributed by atoms with Gasteiger partial charge in [0.2, 0.25) is 5.82 Å². The number of imidazole rings is 1. The van der Waals surface area contributed by atoms with Crippen molar-refractivity contribution in [1.82, 2.24) is 14.9 Å². The van der Waals surface area contributed by atoms with Gasteiger partial charge >= 0.3 is 0 Å². The average Bonchev–Trinajstić information content (AvgIpc) is 2.85. The standard InChI is InChI=1S/C13H13FN4/c1-9(16-2)10-4-3-5-11(14)13(10)18-7-6-17-12(18)8-15/h3-7,9,16H,1-2H3. The van der Waals surface area contributed by atoms with E-state index in [0.29, 0.717) is 5.69 Å². The van der Waals surface area contributed by atoms with Crippen LogP contribution >= 0.6 is 0 Å². The van der Waals surface area contributed by atoms with Gasteiger partial charge in [-0.3, -0.25) is 4.57 Å². The third-order valence-corrected chi connectivity index (χ3v) is 2.90. The van der Waals surface area contributed by atoms with E-state index in [-0.39, 0.29) is 17.7 Å². The van der Waals surface area contributed by atoms with Crippen LogP contribution in [0.15, 0.2) is 30.6 Å². The highest BCUT2D eigenvalue weighted by Crippen LogP contribution is 2.25. The lowest BCUT2D eigenvalue weighted by Gasteiger charge is -2.17. The number of benzene rings is 1. The van der Waals surface area contributed by atoms with E-state index in [1.165, 1.54) is 16.8 Å². The van der Waals surface area contributed by atoms with Crippen LogP contribution in [-0.2, 0) is 0 Å². The molecular formula is C13H13FN4. The number of nitriles is 1. The zero-order valence-electron chi connectivity index (χ0n) is 10.2. The fraction of sp³-hybridized carbons (Fsp3) is 0.231. The second-order valence-corrected chi connectivity index (χ2v) is 3.92. The summed E-state index contributed by atoms with van der Waals surface area (Å²) in [4.78, 5) is 3.89. The summed E-state index contributed by atoms with van der Waals surface area (Å²) >= 11 is 0. The van der Waals surface area contributed by atoms with Crippen molar-refractivity contribution in [1.29, 1.82) is 5.26 Å². The Balaban J connectivity index is 2.67. The molecule has 1 N–H and O–H groups in total. The fourth-order valence-electron chi connectivity index (χ4n) is 1.86. The number of aromatic nitrogens is 2. The summed E-state index contributed by atoms with van der Waals surface area (Å²) in [6, 6.07) is 6.80. The van der Waals surface area contributed by atoms with Gasteiger partial charge in [-0.15, -0.1) is 0 Å². The molecule has 0 radical (unpaired) electrons. The van der Waals surface area contributed by atoms with E-state index in [1.54, 1.807) is 19.3 Å². The van der Waals surface area contributed by atoms with Gasteiger partial charge in [-0.2, -0.15) is 5.26 Å². The average molecular weight is 244 g/mol. The predicted molar refractivity (Wildman–Crippen MR) is 65.7 cm³/mol. The van der Waals surface area contributed by atoms with Crippen LogP contribution in [0.1, 0.15) is 24.4 Å². The molecule has 18 heavy (non-hydrogen) atoms. The molecule has 92 valence electrons. The topological polar surface area (TPSA) is 53.6 Å². The van der Waals surface area contributed by atoms with Crippen molar-refractivity contribution in [2.24, 2.45) is 0 Å². The van der Waals surface area contributed by atoms with Crippen molar-refractivity contribution in [2.45, 2.75) is 13.0 Å². The van der Waals surface area contributed by atoms with E-state index in [4.69, 9.17) is 5.26 Å².